The van der Waals surface area contributed by atoms with Crippen LogP contribution in [0.2, 0.25) is 0 Å². The third-order valence-corrected chi connectivity index (χ3v) is 4.19. The lowest BCUT2D eigenvalue weighted by Gasteiger charge is -2.00. The molecular formula is C17H17N5O4S. The van der Waals surface area contributed by atoms with Gasteiger partial charge < -0.3 is 14.6 Å². The van der Waals surface area contributed by atoms with Crippen molar-refractivity contribution in [3.05, 3.63) is 41.5 Å². The van der Waals surface area contributed by atoms with Crippen LogP contribution in [-0.2, 0) is 27.2 Å². The number of thiazole rings is 1. The number of anilines is 1. The van der Waals surface area contributed by atoms with Crippen LogP contribution in [0.5, 0.6) is 0 Å². The minimum atomic E-state index is -0.346. The first-order valence-corrected chi connectivity index (χ1v) is 9.15. The van der Waals surface area contributed by atoms with E-state index in [0.717, 1.165) is 5.56 Å². The third-order valence-electron chi connectivity index (χ3n) is 3.38. The molecule has 0 atom stereocenters. The van der Waals surface area contributed by atoms with Gasteiger partial charge in [0.05, 0.1) is 18.7 Å². The highest BCUT2D eigenvalue weighted by molar-refractivity contribution is 7.13. The van der Waals surface area contributed by atoms with Crippen molar-refractivity contribution in [2.24, 2.45) is 0 Å². The van der Waals surface area contributed by atoms with Gasteiger partial charge in [-0.2, -0.15) is 4.98 Å². The van der Waals surface area contributed by atoms with E-state index < -0.39 is 0 Å². The van der Waals surface area contributed by atoms with Gasteiger partial charge in [-0.25, -0.2) is 4.98 Å². The number of rotatable bonds is 8. The number of hydrogen-bond donors (Lipinski definition) is 1. The molecular weight excluding hydrogens is 370 g/mol. The Hall–Kier alpha value is -3.14. The van der Waals surface area contributed by atoms with Crippen molar-refractivity contribution in [1.82, 2.24) is 20.1 Å². The van der Waals surface area contributed by atoms with Crippen LogP contribution >= 0.6 is 11.3 Å². The Balaban J connectivity index is 1.48. The molecule has 3 rings (SSSR count). The lowest BCUT2D eigenvalue weighted by molar-refractivity contribution is -0.142. The molecule has 0 unspecified atom stereocenters. The Bertz CT molecular complexity index is 909. The fourth-order valence-electron chi connectivity index (χ4n) is 2.18. The highest BCUT2D eigenvalue weighted by Crippen LogP contribution is 2.17. The number of aryl methyl sites for hydroxylation is 1. The summed E-state index contributed by atoms with van der Waals surface area (Å²) in [5.74, 6) is 0.225. The van der Waals surface area contributed by atoms with Gasteiger partial charge in [0.1, 0.15) is 0 Å². The second-order valence-corrected chi connectivity index (χ2v) is 6.29. The van der Waals surface area contributed by atoms with Gasteiger partial charge in [0.25, 0.3) is 0 Å². The summed E-state index contributed by atoms with van der Waals surface area (Å²) in [5.41, 5.74) is 1.31. The molecule has 0 fully saturated rings. The Morgan fingerprint density at radius 2 is 2.22 bits per heavy atom. The second kappa shape index (κ2) is 8.99. The van der Waals surface area contributed by atoms with Gasteiger partial charge in [-0.3, -0.25) is 14.6 Å². The van der Waals surface area contributed by atoms with Crippen LogP contribution in [0.4, 0.5) is 5.13 Å². The molecule has 9 nitrogen and oxygen atoms in total. The number of pyridine rings is 1. The maximum Gasteiger partial charge on any atom is 0.311 e. The molecule has 3 heterocycles. The van der Waals surface area contributed by atoms with Crippen LogP contribution < -0.4 is 5.32 Å². The molecule has 0 spiro atoms. The van der Waals surface area contributed by atoms with Crippen molar-refractivity contribution >= 4 is 28.3 Å². The van der Waals surface area contributed by atoms with Crippen molar-refractivity contribution in [3.63, 3.8) is 0 Å². The first-order chi connectivity index (χ1) is 13.1. The molecule has 1 amide bonds. The Labute approximate surface area is 158 Å². The van der Waals surface area contributed by atoms with E-state index >= 15 is 0 Å². The predicted molar refractivity (Wildman–Crippen MR) is 96.9 cm³/mol. The number of aromatic nitrogens is 4. The zero-order chi connectivity index (χ0) is 19.1. The first kappa shape index (κ1) is 18.6. The van der Waals surface area contributed by atoms with Crippen LogP contribution in [0.25, 0.3) is 11.4 Å². The Kier molecular flexibility index (Phi) is 6.21. The summed E-state index contributed by atoms with van der Waals surface area (Å²) in [6.07, 6.45) is 3.85. The van der Waals surface area contributed by atoms with Crippen molar-refractivity contribution in [2.75, 3.05) is 11.9 Å². The predicted octanol–water partition coefficient (Wildman–Crippen LogP) is 2.27. The molecule has 0 aliphatic rings. The van der Waals surface area contributed by atoms with E-state index in [2.05, 4.69) is 25.4 Å². The maximum absolute atomic E-state index is 12.1. The summed E-state index contributed by atoms with van der Waals surface area (Å²) < 4.78 is 10.0. The van der Waals surface area contributed by atoms with Gasteiger partial charge in [-0.1, -0.05) is 5.16 Å². The first-order valence-electron chi connectivity index (χ1n) is 8.27. The summed E-state index contributed by atoms with van der Waals surface area (Å²) in [5, 5.41) is 8.72. The lowest BCUT2D eigenvalue weighted by Crippen LogP contribution is -2.12. The SMILES string of the molecule is CCOC(=O)Cc1csc(NC(=O)CCc2nc(-c3cccnc3)no2)n1. The van der Waals surface area contributed by atoms with Crippen molar-refractivity contribution in [3.8, 4) is 11.4 Å². The average molecular weight is 387 g/mol. The maximum atomic E-state index is 12.1. The molecule has 0 radical (unpaired) electrons. The fraction of sp³-hybridized carbons (Fsp3) is 0.294. The quantitative estimate of drug-likeness (QED) is 0.584. The third kappa shape index (κ3) is 5.42. The normalized spacial score (nSPS) is 10.6. The van der Waals surface area contributed by atoms with E-state index in [-0.39, 0.29) is 24.7 Å². The summed E-state index contributed by atoms with van der Waals surface area (Å²) >= 11 is 1.25. The molecule has 0 saturated heterocycles. The number of carbonyl (C=O) groups is 2. The number of nitrogens with one attached hydrogen (secondary N) is 1. The van der Waals surface area contributed by atoms with Gasteiger partial charge in [0.2, 0.25) is 17.6 Å². The minimum Gasteiger partial charge on any atom is -0.466 e. The summed E-state index contributed by atoms with van der Waals surface area (Å²) in [6.45, 7) is 2.07. The highest BCUT2D eigenvalue weighted by atomic mass is 32.1. The Morgan fingerprint density at radius 3 is 3.00 bits per heavy atom. The average Bonchev–Trinajstić information content (AvgIpc) is 3.30. The molecule has 140 valence electrons. The van der Waals surface area contributed by atoms with E-state index in [9.17, 15) is 9.59 Å². The number of hydrogen-bond acceptors (Lipinski definition) is 9. The van der Waals surface area contributed by atoms with Gasteiger partial charge in [0, 0.05) is 36.2 Å². The van der Waals surface area contributed by atoms with Gasteiger partial charge >= 0.3 is 5.97 Å². The van der Waals surface area contributed by atoms with Crippen LogP contribution in [-0.4, -0.2) is 38.6 Å². The molecule has 0 aliphatic carbocycles. The Morgan fingerprint density at radius 1 is 1.33 bits per heavy atom. The van der Waals surface area contributed by atoms with Crippen molar-refractivity contribution < 1.29 is 18.8 Å². The lowest BCUT2D eigenvalue weighted by atomic mass is 10.2. The van der Waals surface area contributed by atoms with E-state index in [1.807, 2.05) is 6.07 Å². The minimum absolute atomic E-state index is 0.0827. The van der Waals surface area contributed by atoms with Gasteiger partial charge in [-0.05, 0) is 19.1 Å². The summed E-state index contributed by atoms with van der Waals surface area (Å²) in [6, 6.07) is 3.60. The topological polar surface area (TPSA) is 120 Å². The number of nitrogens with zero attached hydrogens (tertiary/aromatic N) is 4. The van der Waals surface area contributed by atoms with Gasteiger partial charge in [-0.15, -0.1) is 11.3 Å². The largest absolute Gasteiger partial charge is 0.466 e. The van der Waals surface area contributed by atoms with Gasteiger partial charge in [0.15, 0.2) is 5.13 Å². The zero-order valence-electron chi connectivity index (χ0n) is 14.5. The van der Waals surface area contributed by atoms with Crippen LogP contribution in [0.3, 0.4) is 0 Å². The molecule has 3 aromatic rings. The molecule has 1 N–H and O–H groups in total. The second-order valence-electron chi connectivity index (χ2n) is 5.43. The zero-order valence-corrected chi connectivity index (χ0v) is 15.4. The van der Waals surface area contributed by atoms with Crippen molar-refractivity contribution in [2.45, 2.75) is 26.2 Å². The van der Waals surface area contributed by atoms with Crippen LogP contribution in [0.1, 0.15) is 24.9 Å². The molecule has 0 bridgehead atoms. The van der Waals surface area contributed by atoms with E-state index in [4.69, 9.17) is 9.26 Å². The van der Waals surface area contributed by atoms with E-state index in [1.165, 1.54) is 11.3 Å². The molecule has 0 aromatic carbocycles. The summed E-state index contributed by atoms with van der Waals surface area (Å²) in [4.78, 5) is 35.9. The number of esters is 1. The van der Waals surface area contributed by atoms with E-state index in [1.54, 1.807) is 30.8 Å². The molecule has 27 heavy (non-hydrogen) atoms. The molecule has 0 saturated carbocycles. The fourth-order valence-corrected chi connectivity index (χ4v) is 2.90. The highest BCUT2D eigenvalue weighted by Gasteiger charge is 2.13. The number of amides is 1. The smallest absolute Gasteiger partial charge is 0.311 e. The molecule has 0 aliphatic heterocycles. The van der Waals surface area contributed by atoms with E-state index in [0.29, 0.717) is 35.6 Å². The number of carbonyl (C=O) groups excluding carboxylic acids is 2. The summed E-state index contributed by atoms with van der Waals surface area (Å²) in [7, 11) is 0. The molecule has 10 heteroatoms. The molecule has 3 aromatic heterocycles. The van der Waals surface area contributed by atoms with Crippen LogP contribution in [0.15, 0.2) is 34.4 Å². The monoisotopic (exact) mass is 387 g/mol. The standard InChI is InChI=1S/C17H17N5O4S/c1-2-25-15(24)8-12-10-27-17(19-12)20-13(23)5-6-14-21-16(22-26-14)11-4-3-7-18-9-11/h3-4,7,9-10H,2,5-6,8H2,1H3,(H,19,20,23). The van der Waals surface area contributed by atoms with Crippen molar-refractivity contribution in [1.29, 1.82) is 0 Å². The number of ether oxygens (including phenoxy) is 1. The van der Waals surface area contributed by atoms with Crippen LogP contribution in [0, 0.1) is 0 Å².